The summed E-state index contributed by atoms with van der Waals surface area (Å²) in [6.45, 7) is 3.47. The third kappa shape index (κ3) is 6.64. The van der Waals surface area contributed by atoms with Crippen molar-refractivity contribution in [1.82, 2.24) is 9.88 Å². The molecule has 1 aliphatic heterocycles. The molecule has 0 bridgehead atoms. The van der Waals surface area contributed by atoms with E-state index < -0.39 is 5.60 Å². The average Bonchev–Trinajstić information content (AvgIpc) is 3.32. The summed E-state index contributed by atoms with van der Waals surface area (Å²) >= 11 is 3.64. The van der Waals surface area contributed by atoms with Crippen LogP contribution in [0.25, 0.3) is 21.7 Å². The van der Waals surface area contributed by atoms with Gasteiger partial charge in [0.25, 0.3) is 0 Å². The molecule has 0 saturated carbocycles. The maximum atomic E-state index is 13.2. The molecule has 5 aromatic rings. The molecule has 0 radical (unpaired) electrons. The molecule has 4 aromatic carbocycles. The molecule has 4 nitrogen and oxygen atoms in total. The highest BCUT2D eigenvalue weighted by molar-refractivity contribution is 9.10. The maximum absolute atomic E-state index is 13.2. The highest BCUT2D eigenvalue weighted by Crippen LogP contribution is 2.48. The fourth-order valence-corrected chi connectivity index (χ4v) is 7.26. The van der Waals surface area contributed by atoms with Crippen LogP contribution in [0.5, 0.6) is 5.88 Å². The van der Waals surface area contributed by atoms with Gasteiger partial charge in [-0.15, -0.1) is 0 Å². The van der Waals surface area contributed by atoms with E-state index in [1.54, 1.807) is 7.11 Å². The molecule has 0 amide bonds. The molecule has 2 heterocycles. The normalized spacial score (nSPS) is 16.5. The molecule has 0 spiro atoms. The monoisotopic (exact) mass is 636 g/mol. The number of ether oxygens (including phenoxy) is 1. The van der Waals surface area contributed by atoms with E-state index in [2.05, 4.69) is 99.7 Å². The molecule has 2 atom stereocenters. The van der Waals surface area contributed by atoms with Gasteiger partial charge in [-0.1, -0.05) is 95.5 Å². The van der Waals surface area contributed by atoms with Crippen LogP contribution in [0.1, 0.15) is 67.6 Å². The van der Waals surface area contributed by atoms with Crippen molar-refractivity contribution in [2.45, 2.75) is 56.5 Å². The van der Waals surface area contributed by atoms with Gasteiger partial charge < -0.3 is 14.7 Å². The molecular weight excluding hydrogens is 596 g/mol. The number of methoxy groups -OCH3 is 1. The fraction of sp³-hybridized carbons (Fsp3) is 0.342. The van der Waals surface area contributed by atoms with Crippen LogP contribution in [-0.4, -0.2) is 41.7 Å². The zero-order valence-corrected chi connectivity index (χ0v) is 26.6. The fourth-order valence-electron chi connectivity index (χ4n) is 6.88. The van der Waals surface area contributed by atoms with Gasteiger partial charge in [0.1, 0.15) is 5.60 Å². The number of fused-ring (bicyclic) bond motifs is 2. The highest BCUT2D eigenvalue weighted by atomic mass is 79.9. The van der Waals surface area contributed by atoms with Crippen molar-refractivity contribution in [3.63, 3.8) is 0 Å². The first-order chi connectivity index (χ1) is 21.0. The molecule has 0 aliphatic carbocycles. The van der Waals surface area contributed by atoms with Crippen LogP contribution in [0.4, 0.5) is 0 Å². The van der Waals surface area contributed by atoms with Gasteiger partial charge in [0.05, 0.1) is 12.6 Å². The molecular formula is C38H41BrN2O2. The lowest BCUT2D eigenvalue weighted by atomic mass is 9.71. The number of hydrogen-bond acceptors (Lipinski definition) is 4. The molecule has 6 rings (SSSR count). The Morgan fingerprint density at radius 1 is 0.814 bits per heavy atom. The first-order valence-electron chi connectivity index (χ1n) is 15.7. The Hall–Kier alpha value is -3.25. The Morgan fingerprint density at radius 3 is 2.33 bits per heavy atom. The predicted molar refractivity (Wildman–Crippen MR) is 181 cm³/mol. The number of halogens is 1. The lowest BCUT2D eigenvalue weighted by Gasteiger charge is -2.38. The minimum absolute atomic E-state index is 0.390. The molecule has 1 fully saturated rings. The minimum atomic E-state index is -1.20. The molecule has 2 unspecified atom stereocenters. The Morgan fingerprint density at radius 2 is 1.56 bits per heavy atom. The van der Waals surface area contributed by atoms with Crippen LogP contribution in [-0.2, 0) is 5.60 Å². The molecule has 5 heteroatoms. The summed E-state index contributed by atoms with van der Waals surface area (Å²) in [4.78, 5) is 7.56. The number of benzene rings is 4. The summed E-state index contributed by atoms with van der Waals surface area (Å²) in [5.41, 5.74) is 2.52. The third-order valence-corrected chi connectivity index (χ3v) is 9.61. The second-order valence-corrected chi connectivity index (χ2v) is 12.9. The summed E-state index contributed by atoms with van der Waals surface area (Å²) in [5.74, 6) is 0.159. The second kappa shape index (κ2) is 13.6. The maximum Gasteiger partial charge on any atom is 0.217 e. The number of nitrogens with zero attached hydrogens (tertiary/aromatic N) is 2. The van der Waals surface area contributed by atoms with Crippen LogP contribution in [0.2, 0.25) is 0 Å². The Balaban J connectivity index is 1.46. The van der Waals surface area contributed by atoms with Crippen molar-refractivity contribution >= 4 is 37.6 Å². The van der Waals surface area contributed by atoms with E-state index in [4.69, 9.17) is 9.72 Å². The predicted octanol–water partition coefficient (Wildman–Crippen LogP) is 9.23. The summed E-state index contributed by atoms with van der Waals surface area (Å²) in [6, 6.07) is 33.5. The van der Waals surface area contributed by atoms with E-state index in [1.807, 2.05) is 18.2 Å². The second-order valence-electron chi connectivity index (χ2n) is 12.0. The molecule has 222 valence electrons. The smallest absolute Gasteiger partial charge is 0.217 e. The topological polar surface area (TPSA) is 45.6 Å². The van der Waals surface area contributed by atoms with Gasteiger partial charge in [0, 0.05) is 21.3 Å². The zero-order valence-electron chi connectivity index (χ0n) is 25.0. The number of unbranched alkanes of at least 4 members (excludes halogenated alkanes) is 1. The SMILES string of the molecule is COc1nc2ccc(Br)cc2cc1C(c1ccccc1)C(O)(CCCCN1CCCCCC1)c1ccc2ccccc2c1. The highest BCUT2D eigenvalue weighted by Gasteiger charge is 2.42. The van der Waals surface area contributed by atoms with Gasteiger partial charge in [0.15, 0.2) is 0 Å². The number of likely N-dealkylation sites (tertiary alicyclic amines) is 1. The Bertz CT molecular complexity index is 1670. The lowest BCUT2D eigenvalue weighted by molar-refractivity contribution is 0.00669. The summed E-state index contributed by atoms with van der Waals surface area (Å²) in [5, 5.41) is 16.5. The Kier molecular flexibility index (Phi) is 9.42. The van der Waals surface area contributed by atoms with Gasteiger partial charge >= 0.3 is 0 Å². The number of hydrogen-bond donors (Lipinski definition) is 1. The first-order valence-corrected chi connectivity index (χ1v) is 16.5. The van der Waals surface area contributed by atoms with E-state index in [-0.39, 0.29) is 5.92 Å². The van der Waals surface area contributed by atoms with Gasteiger partial charge in [-0.2, -0.15) is 0 Å². The third-order valence-electron chi connectivity index (χ3n) is 9.11. The van der Waals surface area contributed by atoms with Crippen molar-refractivity contribution in [3.05, 3.63) is 118 Å². The summed E-state index contributed by atoms with van der Waals surface area (Å²) < 4.78 is 6.96. The standard InChI is InChI=1S/C38H41BrN2O2/c1-43-37-34(27-31-26-33(39)19-20-35(31)40-37)36(29-14-5-4-6-15-29)38(42,21-9-12-24-41-22-10-2-3-11-23-41)32-18-17-28-13-7-8-16-30(28)25-32/h4-8,13-20,25-27,36,42H,2-3,9-12,21-24H2,1H3. The number of aliphatic hydroxyl groups is 1. The van der Waals surface area contributed by atoms with Gasteiger partial charge in [-0.25, -0.2) is 4.98 Å². The zero-order chi connectivity index (χ0) is 29.6. The van der Waals surface area contributed by atoms with Crippen molar-refractivity contribution in [1.29, 1.82) is 0 Å². The molecule has 1 aliphatic rings. The van der Waals surface area contributed by atoms with Crippen molar-refractivity contribution in [2.75, 3.05) is 26.7 Å². The number of rotatable bonds is 10. The Labute approximate surface area is 263 Å². The number of pyridine rings is 1. The van der Waals surface area contributed by atoms with E-state index in [0.29, 0.717) is 12.3 Å². The van der Waals surface area contributed by atoms with Crippen LogP contribution in [0.15, 0.2) is 102 Å². The van der Waals surface area contributed by atoms with Gasteiger partial charge in [-0.05, 0) is 104 Å². The van der Waals surface area contributed by atoms with Crippen LogP contribution < -0.4 is 4.74 Å². The van der Waals surface area contributed by atoms with Crippen molar-refractivity contribution in [2.24, 2.45) is 0 Å². The molecule has 1 aromatic heterocycles. The first kappa shape index (κ1) is 29.8. The van der Waals surface area contributed by atoms with E-state index in [0.717, 1.165) is 56.8 Å². The molecule has 1 saturated heterocycles. The molecule has 1 N–H and O–H groups in total. The average molecular weight is 638 g/mol. The summed E-state index contributed by atoms with van der Waals surface area (Å²) in [7, 11) is 1.68. The van der Waals surface area contributed by atoms with E-state index >= 15 is 0 Å². The quantitative estimate of drug-likeness (QED) is 0.155. The van der Waals surface area contributed by atoms with Crippen LogP contribution in [0, 0.1) is 0 Å². The van der Waals surface area contributed by atoms with Crippen LogP contribution in [0.3, 0.4) is 0 Å². The van der Waals surface area contributed by atoms with Crippen LogP contribution >= 0.6 is 15.9 Å². The number of aromatic nitrogens is 1. The van der Waals surface area contributed by atoms with Gasteiger partial charge in [0.2, 0.25) is 5.88 Å². The van der Waals surface area contributed by atoms with E-state index in [1.165, 1.54) is 44.2 Å². The largest absolute Gasteiger partial charge is 0.481 e. The minimum Gasteiger partial charge on any atom is -0.481 e. The molecule has 43 heavy (non-hydrogen) atoms. The summed E-state index contributed by atoms with van der Waals surface area (Å²) in [6.07, 6.45) is 7.86. The van der Waals surface area contributed by atoms with Gasteiger partial charge in [-0.3, -0.25) is 0 Å². The lowest BCUT2D eigenvalue weighted by Crippen LogP contribution is -2.35. The van der Waals surface area contributed by atoms with E-state index in [9.17, 15) is 5.11 Å². The van der Waals surface area contributed by atoms with Crippen molar-refractivity contribution in [3.8, 4) is 5.88 Å². The van der Waals surface area contributed by atoms with Crippen molar-refractivity contribution < 1.29 is 9.84 Å².